The molecule has 1 aliphatic rings. The predicted molar refractivity (Wildman–Crippen MR) is 60.2 cm³/mol. The highest BCUT2D eigenvalue weighted by Gasteiger charge is 2.43. The number of benzene rings is 1. The first-order chi connectivity index (χ1) is 7.55. The lowest BCUT2D eigenvalue weighted by Crippen LogP contribution is -2.41. The number of hydrogen-bond acceptors (Lipinski definition) is 4. The van der Waals surface area contributed by atoms with Gasteiger partial charge in [0.15, 0.2) is 0 Å². The molecule has 1 aromatic rings. The Bertz CT molecular complexity index is 430. The monoisotopic (exact) mass is 221 g/mol. The minimum Gasteiger partial charge on any atom is -0.475 e. The van der Waals surface area contributed by atoms with Crippen LogP contribution in [0.1, 0.15) is 19.4 Å². The van der Waals surface area contributed by atoms with Crippen LogP contribution in [0.4, 0.5) is 5.69 Å². The molecule has 16 heavy (non-hydrogen) atoms. The predicted octanol–water partition coefficient (Wildman–Crippen LogP) is 1.53. The molecule has 0 aromatic heterocycles. The molecule has 0 amide bonds. The summed E-state index contributed by atoms with van der Waals surface area (Å²) in [5, 5.41) is 0. The van der Waals surface area contributed by atoms with Crippen molar-refractivity contribution in [1.29, 1.82) is 0 Å². The molecule has 0 radical (unpaired) electrons. The van der Waals surface area contributed by atoms with E-state index >= 15 is 0 Å². The second-order valence-corrected chi connectivity index (χ2v) is 4.10. The highest BCUT2D eigenvalue weighted by atomic mass is 16.6. The van der Waals surface area contributed by atoms with Crippen LogP contribution in [0.15, 0.2) is 18.2 Å². The molecule has 0 bridgehead atoms. The van der Waals surface area contributed by atoms with Crippen molar-refractivity contribution in [3.8, 4) is 5.75 Å². The average molecular weight is 221 g/mol. The third-order valence-corrected chi connectivity index (χ3v) is 2.65. The van der Waals surface area contributed by atoms with E-state index < -0.39 is 5.60 Å². The molecule has 4 nitrogen and oxygen atoms in total. The highest BCUT2D eigenvalue weighted by Crippen LogP contribution is 2.36. The number of nitrogen functional groups attached to an aromatic ring is 1. The van der Waals surface area contributed by atoms with Gasteiger partial charge < -0.3 is 15.2 Å². The Hall–Kier alpha value is -1.71. The topological polar surface area (TPSA) is 61.5 Å². The van der Waals surface area contributed by atoms with Crippen LogP contribution in [0.5, 0.6) is 5.75 Å². The van der Waals surface area contributed by atoms with Gasteiger partial charge in [-0.05, 0) is 32.0 Å². The summed E-state index contributed by atoms with van der Waals surface area (Å²) in [7, 11) is 0. The van der Waals surface area contributed by atoms with Crippen LogP contribution in [-0.2, 0) is 16.0 Å². The quantitative estimate of drug-likeness (QED) is 0.607. The van der Waals surface area contributed by atoms with Crippen LogP contribution >= 0.6 is 0 Å². The second kappa shape index (κ2) is 3.70. The van der Waals surface area contributed by atoms with Crippen molar-refractivity contribution in [2.75, 3.05) is 12.3 Å². The zero-order chi connectivity index (χ0) is 11.8. The van der Waals surface area contributed by atoms with Crippen molar-refractivity contribution in [3.05, 3.63) is 23.8 Å². The zero-order valence-electron chi connectivity index (χ0n) is 9.45. The molecule has 0 saturated carbocycles. The third-order valence-electron chi connectivity index (χ3n) is 2.65. The maximum Gasteiger partial charge on any atom is 0.350 e. The molecule has 1 unspecified atom stereocenters. The molecule has 1 aliphatic heterocycles. The van der Waals surface area contributed by atoms with Crippen LogP contribution in [0.25, 0.3) is 0 Å². The van der Waals surface area contributed by atoms with Gasteiger partial charge in [-0.2, -0.15) is 0 Å². The van der Waals surface area contributed by atoms with Crippen molar-refractivity contribution < 1.29 is 14.3 Å². The number of hydrogen-bond donors (Lipinski definition) is 1. The van der Waals surface area contributed by atoms with Crippen molar-refractivity contribution in [2.45, 2.75) is 25.9 Å². The Morgan fingerprint density at radius 2 is 2.38 bits per heavy atom. The Balaban J connectivity index is 2.24. The fourth-order valence-electron chi connectivity index (χ4n) is 1.88. The SMILES string of the molecule is CCOC(=O)C1(C)Cc2cc(N)ccc2O1. The summed E-state index contributed by atoms with van der Waals surface area (Å²) < 4.78 is 10.6. The van der Waals surface area contributed by atoms with E-state index in [1.807, 2.05) is 6.07 Å². The van der Waals surface area contributed by atoms with E-state index in [1.165, 1.54) is 0 Å². The molecule has 2 N–H and O–H groups in total. The summed E-state index contributed by atoms with van der Waals surface area (Å²) in [6.07, 6.45) is 0.506. The fraction of sp³-hybridized carbons (Fsp3) is 0.417. The van der Waals surface area contributed by atoms with Crippen LogP contribution in [-0.4, -0.2) is 18.2 Å². The fourth-order valence-corrected chi connectivity index (χ4v) is 1.88. The Kier molecular flexibility index (Phi) is 2.50. The number of carbonyl (C=O) groups excluding carboxylic acids is 1. The molecule has 1 heterocycles. The van der Waals surface area contributed by atoms with Gasteiger partial charge in [0.25, 0.3) is 0 Å². The molecule has 4 heteroatoms. The minimum absolute atomic E-state index is 0.329. The van der Waals surface area contributed by atoms with Crippen LogP contribution in [0.3, 0.4) is 0 Å². The van der Waals surface area contributed by atoms with E-state index in [-0.39, 0.29) is 5.97 Å². The van der Waals surface area contributed by atoms with E-state index in [1.54, 1.807) is 26.0 Å². The maximum atomic E-state index is 11.7. The van der Waals surface area contributed by atoms with E-state index in [2.05, 4.69) is 0 Å². The van der Waals surface area contributed by atoms with E-state index in [0.29, 0.717) is 24.5 Å². The number of ether oxygens (including phenoxy) is 2. The van der Waals surface area contributed by atoms with Gasteiger partial charge in [-0.25, -0.2) is 4.79 Å². The minimum atomic E-state index is -0.911. The smallest absolute Gasteiger partial charge is 0.350 e. The number of esters is 1. The van der Waals surface area contributed by atoms with E-state index in [0.717, 1.165) is 5.56 Å². The highest BCUT2D eigenvalue weighted by molar-refractivity contribution is 5.81. The summed E-state index contributed by atoms with van der Waals surface area (Å²) in [4.78, 5) is 11.7. The second-order valence-electron chi connectivity index (χ2n) is 4.10. The molecule has 0 saturated heterocycles. The lowest BCUT2D eigenvalue weighted by Gasteiger charge is -2.21. The van der Waals surface area contributed by atoms with Gasteiger partial charge in [0, 0.05) is 17.7 Å². The van der Waals surface area contributed by atoms with Crippen LogP contribution in [0.2, 0.25) is 0 Å². The largest absolute Gasteiger partial charge is 0.475 e. The molecule has 0 spiro atoms. The van der Waals surface area contributed by atoms with Crippen molar-refractivity contribution in [3.63, 3.8) is 0 Å². The standard InChI is InChI=1S/C12H15NO3/c1-3-15-11(14)12(2)7-8-6-9(13)4-5-10(8)16-12/h4-6H,3,7,13H2,1-2H3. The molecule has 0 fully saturated rings. The molecule has 2 rings (SSSR count). The number of nitrogens with two attached hydrogens (primary N) is 1. The van der Waals surface area contributed by atoms with Crippen LogP contribution in [0, 0.1) is 0 Å². The summed E-state index contributed by atoms with van der Waals surface area (Å²) in [6, 6.07) is 5.38. The molecule has 1 aromatic carbocycles. The first kappa shape index (κ1) is 10.8. The van der Waals surface area contributed by atoms with Gasteiger partial charge >= 0.3 is 5.97 Å². The van der Waals surface area contributed by atoms with Crippen LogP contribution < -0.4 is 10.5 Å². The van der Waals surface area contributed by atoms with Crippen molar-refractivity contribution >= 4 is 11.7 Å². The van der Waals surface area contributed by atoms with Gasteiger partial charge in [0.2, 0.25) is 5.60 Å². The molecule has 0 aliphatic carbocycles. The van der Waals surface area contributed by atoms with Crippen molar-refractivity contribution in [2.24, 2.45) is 0 Å². The lowest BCUT2D eigenvalue weighted by atomic mass is 9.99. The van der Waals surface area contributed by atoms with Gasteiger partial charge in [-0.3, -0.25) is 0 Å². The van der Waals surface area contributed by atoms with E-state index in [4.69, 9.17) is 15.2 Å². The van der Waals surface area contributed by atoms with Gasteiger partial charge in [0.05, 0.1) is 6.61 Å². The first-order valence-corrected chi connectivity index (χ1v) is 5.30. The Labute approximate surface area is 94.3 Å². The summed E-state index contributed by atoms with van der Waals surface area (Å²) >= 11 is 0. The van der Waals surface area contributed by atoms with Gasteiger partial charge in [-0.1, -0.05) is 0 Å². The average Bonchev–Trinajstić information content (AvgIpc) is 2.55. The summed E-state index contributed by atoms with van der Waals surface area (Å²) in [5.41, 5.74) is 6.40. The molecular weight excluding hydrogens is 206 g/mol. The van der Waals surface area contributed by atoms with Crippen molar-refractivity contribution in [1.82, 2.24) is 0 Å². The first-order valence-electron chi connectivity index (χ1n) is 5.30. The van der Waals surface area contributed by atoms with Gasteiger partial charge in [-0.15, -0.1) is 0 Å². The summed E-state index contributed by atoms with van der Waals surface area (Å²) in [5.74, 6) is 0.384. The number of fused-ring (bicyclic) bond motifs is 1. The third kappa shape index (κ3) is 1.71. The van der Waals surface area contributed by atoms with Gasteiger partial charge in [0.1, 0.15) is 5.75 Å². The molecular formula is C12H15NO3. The molecule has 86 valence electrons. The number of anilines is 1. The number of rotatable bonds is 2. The molecule has 1 atom stereocenters. The number of carbonyl (C=O) groups is 1. The maximum absolute atomic E-state index is 11.7. The Morgan fingerprint density at radius 1 is 1.62 bits per heavy atom. The zero-order valence-corrected chi connectivity index (χ0v) is 9.45. The normalized spacial score (nSPS) is 22.4. The summed E-state index contributed by atoms with van der Waals surface area (Å²) in [6.45, 7) is 3.87. The Morgan fingerprint density at radius 3 is 3.06 bits per heavy atom. The lowest BCUT2D eigenvalue weighted by molar-refractivity contribution is -0.158. The van der Waals surface area contributed by atoms with E-state index in [9.17, 15) is 4.79 Å².